The molecule has 0 N–H and O–H groups in total. The van der Waals surface area contributed by atoms with E-state index in [-0.39, 0.29) is 0 Å². The zero-order valence-corrected chi connectivity index (χ0v) is 33.6. The Bertz CT molecular complexity index is 3550. The number of rotatable bonds is 7. The lowest BCUT2D eigenvalue weighted by Gasteiger charge is -2.19. The van der Waals surface area contributed by atoms with Crippen molar-refractivity contribution in [2.45, 2.75) is 0 Å². The zero-order chi connectivity index (χ0) is 41.0. The Hall–Kier alpha value is -8.41. The summed E-state index contributed by atoms with van der Waals surface area (Å²) in [6, 6.07) is 79.2. The molecule has 0 fully saturated rings. The second-order valence-electron chi connectivity index (χ2n) is 15.5. The van der Waals surface area contributed by atoms with Crippen LogP contribution in [0.25, 0.3) is 111 Å². The SMILES string of the molecule is c1ccc(-c2nc(-c3ccccc3)nc(-c3cccc(-c4ccccc4)c3-n3c4ccccc4c4c(-c5cccc6c5c5ccccc5n6-c5ccccc5)cccc43)n2)cc1. The van der Waals surface area contributed by atoms with Crippen LogP contribution in [-0.4, -0.2) is 24.1 Å². The van der Waals surface area contributed by atoms with Gasteiger partial charge in [-0.15, -0.1) is 0 Å². The minimum absolute atomic E-state index is 0.603. The largest absolute Gasteiger partial charge is 0.309 e. The first-order valence-electron chi connectivity index (χ1n) is 21.0. The minimum atomic E-state index is 0.603. The Balaban J connectivity index is 1.18. The van der Waals surface area contributed by atoms with Crippen LogP contribution in [0.3, 0.4) is 0 Å². The van der Waals surface area contributed by atoms with E-state index in [9.17, 15) is 0 Å². The van der Waals surface area contributed by atoms with E-state index in [0.717, 1.165) is 50.2 Å². The molecule has 3 heterocycles. The number of hydrogen-bond donors (Lipinski definition) is 0. The molecule has 9 aromatic carbocycles. The van der Waals surface area contributed by atoms with Crippen LogP contribution >= 0.6 is 0 Å². The van der Waals surface area contributed by atoms with Crippen molar-refractivity contribution in [3.8, 4) is 67.8 Å². The molecular formula is C57H37N5. The summed E-state index contributed by atoms with van der Waals surface area (Å²) in [6.07, 6.45) is 0. The predicted molar refractivity (Wildman–Crippen MR) is 256 cm³/mol. The van der Waals surface area contributed by atoms with E-state index in [1.165, 1.54) is 43.7 Å². The average Bonchev–Trinajstić information content (AvgIpc) is 3.88. The van der Waals surface area contributed by atoms with Gasteiger partial charge in [-0.2, -0.15) is 0 Å². The summed E-state index contributed by atoms with van der Waals surface area (Å²) in [7, 11) is 0. The lowest BCUT2D eigenvalue weighted by atomic mass is 9.95. The number of aromatic nitrogens is 5. The molecule has 0 saturated carbocycles. The van der Waals surface area contributed by atoms with E-state index in [4.69, 9.17) is 15.0 Å². The summed E-state index contributed by atoms with van der Waals surface area (Å²) in [5.74, 6) is 1.85. The van der Waals surface area contributed by atoms with Crippen molar-refractivity contribution in [2.24, 2.45) is 0 Å². The molecule has 0 radical (unpaired) electrons. The van der Waals surface area contributed by atoms with Crippen LogP contribution in [-0.2, 0) is 0 Å². The van der Waals surface area contributed by atoms with Crippen molar-refractivity contribution >= 4 is 43.6 Å². The summed E-state index contributed by atoms with van der Waals surface area (Å²) in [4.78, 5) is 15.6. The van der Waals surface area contributed by atoms with Crippen LogP contribution in [0.5, 0.6) is 0 Å². The minimum Gasteiger partial charge on any atom is -0.309 e. The van der Waals surface area contributed by atoms with Crippen molar-refractivity contribution in [3.05, 3.63) is 224 Å². The Kier molecular flexibility index (Phi) is 8.42. The number of benzene rings is 9. The summed E-state index contributed by atoms with van der Waals surface area (Å²) >= 11 is 0. The predicted octanol–water partition coefficient (Wildman–Crippen LogP) is 14.4. The van der Waals surface area contributed by atoms with Crippen LogP contribution in [0.1, 0.15) is 0 Å². The molecule has 0 aliphatic rings. The second kappa shape index (κ2) is 14.7. The summed E-state index contributed by atoms with van der Waals surface area (Å²) in [5, 5.41) is 4.80. The molecule has 0 unspecified atom stereocenters. The zero-order valence-electron chi connectivity index (χ0n) is 33.6. The molecule has 0 spiro atoms. The molecule has 5 nitrogen and oxygen atoms in total. The highest BCUT2D eigenvalue weighted by atomic mass is 15.1. The maximum absolute atomic E-state index is 5.28. The van der Waals surface area contributed by atoms with Gasteiger partial charge in [0, 0.05) is 49.5 Å². The molecule has 12 rings (SSSR count). The monoisotopic (exact) mass is 791 g/mol. The van der Waals surface area contributed by atoms with Gasteiger partial charge in [0.15, 0.2) is 17.5 Å². The first kappa shape index (κ1) is 35.5. The van der Waals surface area contributed by atoms with Gasteiger partial charge in [0.2, 0.25) is 0 Å². The normalized spacial score (nSPS) is 11.5. The van der Waals surface area contributed by atoms with E-state index in [1.54, 1.807) is 0 Å². The molecule has 0 amide bonds. The number of fused-ring (bicyclic) bond motifs is 6. The summed E-state index contributed by atoms with van der Waals surface area (Å²) in [5.41, 5.74) is 14.0. The molecule has 5 heteroatoms. The molecule has 0 aliphatic heterocycles. The third kappa shape index (κ3) is 5.75. The van der Waals surface area contributed by atoms with E-state index in [1.807, 2.05) is 36.4 Å². The maximum atomic E-state index is 5.28. The molecule has 3 aromatic heterocycles. The van der Waals surface area contributed by atoms with E-state index in [0.29, 0.717) is 17.5 Å². The first-order chi connectivity index (χ1) is 30.8. The third-order valence-corrected chi connectivity index (χ3v) is 12.0. The second-order valence-corrected chi connectivity index (χ2v) is 15.5. The molecule has 62 heavy (non-hydrogen) atoms. The Morgan fingerprint density at radius 3 is 1.21 bits per heavy atom. The Morgan fingerprint density at radius 1 is 0.258 bits per heavy atom. The fourth-order valence-electron chi connectivity index (χ4n) is 9.33. The lowest BCUT2D eigenvalue weighted by Crippen LogP contribution is -2.05. The maximum Gasteiger partial charge on any atom is 0.166 e. The smallest absolute Gasteiger partial charge is 0.166 e. The summed E-state index contributed by atoms with van der Waals surface area (Å²) in [6.45, 7) is 0. The molecule has 0 saturated heterocycles. The molecule has 290 valence electrons. The van der Waals surface area contributed by atoms with Gasteiger partial charge in [-0.05, 0) is 59.2 Å². The van der Waals surface area contributed by atoms with Crippen LogP contribution in [0.4, 0.5) is 0 Å². The average molecular weight is 792 g/mol. The van der Waals surface area contributed by atoms with Gasteiger partial charge in [0.25, 0.3) is 0 Å². The van der Waals surface area contributed by atoms with Crippen molar-refractivity contribution < 1.29 is 0 Å². The van der Waals surface area contributed by atoms with Crippen molar-refractivity contribution in [3.63, 3.8) is 0 Å². The highest BCUT2D eigenvalue weighted by Gasteiger charge is 2.25. The van der Waals surface area contributed by atoms with Gasteiger partial charge in [-0.1, -0.05) is 182 Å². The van der Waals surface area contributed by atoms with Crippen LogP contribution in [0, 0.1) is 0 Å². The summed E-state index contributed by atoms with van der Waals surface area (Å²) < 4.78 is 4.83. The van der Waals surface area contributed by atoms with Crippen molar-refractivity contribution in [1.82, 2.24) is 24.1 Å². The number of nitrogens with zero attached hydrogens (tertiary/aromatic N) is 5. The molecule has 0 aliphatic carbocycles. The Labute approximate surface area is 358 Å². The van der Waals surface area contributed by atoms with Crippen LogP contribution < -0.4 is 0 Å². The fourth-order valence-corrected chi connectivity index (χ4v) is 9.33. The molecule has 0 atom stereocenters. The van der Waals surface area contributed by atoms with E-state index in [2.05, 4.69) is 197 Å². The molecular weight excluding hydrogens is 755 g/mol. The van der Waals surface area contributed by atoms with Crippen LogP contribution in [0.2, 0.25) is 0 Å². The Morgan fingerprint density at radius 2 is 0.645 bits per heavy atom. The highest BCUT2D eigenvalue weighted by molar-refractivity contribution is 6.22. The van der Waals surface area contributed by atoms with Crippen molar-refractivity contribution in [2.75, 3.05) is 0 Å². The number of hydrogen-bond acceptors (Lipinski definition) is 3. The lowest BCUT2D eigenvalue weighted by molar-refractivity contribution is 1.06. The van der Waals surface area contributed by atoms with Crippen LogP contribution in [0.15, 0.2) is 224 Å². The van der Waals surface area contributed by atoms with Gasteiger partial charge in [0.05, 0.1) is 27.8 Å². The topological polar surface area (TPSA) is 48.5 Å². The van der Waals surface area contributed by atoms with Gasteiger partial charge < -0.3 is 9.13 Å². The molecule has 0 bridgehead atoms. The first-order valence-corrected chi connectivity index (χ1v) is 21.0. The standard InChI is InChI=1S/C57H37N5/c1-5-20-38(21-6-1)42-30-17-33-47(57-59-55(39-22-7-2-8-23-39)58-56(60-57)40-24-9-3-10-25-40)54(42)62-49-35-16-14-29-46(49)53-44(32-19-37-51(53)62)43-31-18-36-50-52(43)45-28-13-15-34-48(45)61(50)41-26-11-4-12-27-41/h1-37H. The van der Waals surface area contributed by atoms with Gasteiger partial charge in [0.1, 0.15) is 0 Å². The third-order valence-electron chi connectivity index (χ3n) is 12.0. The number of para-hydroxylation sites is 4. The van der Waals surface area contributed by atoms with Gasteiger partial charge in [-0.3, -0.25) is 0 Å². The highest BCUT2D eigenvalue weighted by Crippen LogP contribution is 2.46. The van der Waals surface area contributed by atoms with Gasteiger partial charge in [-0.25, -0.2) is 15.0 Å². The van der Waals surface area contributed by atoms with Gasteiger partial charge >= 0.3 is 0 Å². The van der Waals surface area contributed by atoms with E-state index < -0.39 is 0 Å². The van der Waals surface area contributed by atoms with Crippen molar-refractivity contribution in [1.29, 1.82) is 0 Å². The molecule has 12 aromatic rings. The fraction of sp³-hybridized carbons (Fsp3) is 0. The quantitative estimate of drug-likeness (QED) is 0.162. The van der Waals surface area contributed by atoms with E-state index >= 15 is 0 Å².